The third-order valence-corrected chi connectivity index (χ3v) is 7.53. The number of benzene rings is 1. The predicted molar refractivity (Wildman–Crippen MR) is 113 cm³/mol. The highest BCUT2D eigenvalue weighted by atomic mass is 32.2. The lowest BCUT2D eigenvalue weighted by Crippen LogP contribution is -2.27. The zero-order valence-electron chi connectivity index (χ0n) is 16.2. The number of sulfonamides is 1. The van der Waals surface area contributed by atoms with Gasteiger partial charge in [0, 0.05) is 30.5 Å². The third-order valence-electron chi connectivity index (χ3n) is 4.86. The molecule has 0 bridgehead atoms. The summed E-state index contributed by atoms with van der Waals surface area (Å²) in [6, 6.07) is 6.81. The molecule has 0 radical (unpaired) electrons. The summed E-state index contributed by atoms with van der Waals surface area (Å²) < 4.78 is 26.7. The molecule has 0 spiro atoms. The third kappa shape index (κ3) is 5.18. The highest BCUT2D eigenvalue weighted by Gasteiger charge is 2.27. The molecule has 1 aliphatic heterocycles. The first kappa shape index (κ1) is 21.0. The lowest BCUT2D eigenvalue weighted by atomic mass is 10.1. The number of nitrogens with zero attached hydrogens (tertiary/aromatic N) is 2. The van der Waals surface area contributed by atoms with Crippen molar-refractivity contribution >= 4 is 32.4 Å². The Kier molecular flexibility index (Phi) is 7.20. The molecule has 1 N–H and O–H groups in total. The lowest BCUT2D eigenvalue weighted by molar-refractivity contribution is -0.116. The van der Waals surface area contributed by atoms with Crippen molar-refractivity contribution in [1.82, 2.24) is 9.29 Å². The van der Waals surface area contributed by atoms with Gasteiger partial charge >= 0.3 is 0 Å². The number of carbonyl (C=O) groups is 1. The predicted octanol–water partition coefficient (Wildman–Crippen LogP) is 4.50. The number of rotatable bonds is 9. The van der Waals surface area contributed by atoms with Gasteiger partial charge in [0.1, 0.15) is 0 Å². The zero-order chi connectivity index (χ0) is 20.0. The summed E-state index contributed by atoms with van der Waals surface area (Å²) in [4.78, 5) is 16.8. The molecule has 2 aromatic rings. The minimum Gasteiger partial charge on any atom is -0.302 e. The summed E-state index contributed by atoms with van der Waals surface area (Å²) >= 11 is 1.38. The molecule has 1 aromatic heterocycles. The number of hydrogen-bond donors (Lipinski definition) is 1. The van der Waals surface area contributed by atoms with Crippen molar-refractivity contribution in [2.24, 2.45) is 0 Å². The Morgan fingerprint density at radius 3 is 2.54 bits per heavy atom. The van der Waals surface area contributed by atoms with E-state index >= 15 is 0 Å². The fraction of sp³-hybridized carbons (Fsp3) is 0.500. The van der Waals surface area contributed by atoms with E-state index < -0.39 is 10.0 Å². The van der Waals surface area contributed by atoms with Gasteiger partial charge in [0.2, 0.25) is 15.9 Å². The second-order valence-electron chi connectivity index (χ2n) is 7.03. The van der Waals surface area contributed by atoms with Crippen LogP contribution in [0.4, 0.5) is 5.13 Å². The Morgan fingerprint density at radius 1 is 1.14 bits per heavy atom. The molecule has 0 saturated carbocycles. The summed E-state index contributed by atoms with van der Waals surface area (Å²) in [6.45, 7) is 3.33. The molecule has 0 atom stereocenters. The highest BCUT2D eigenvalue weighted by molar-refractivity contribution is 7.89. The van der Waals surface area contributed by atoms with Crippen LogP contribution >= 0.6 is 11.3 Å². The normalized spacial score (nSPS) is 15.0. The fourth-order valence-corrected chi connectivity index (χ4v) is 5.49. The van der Waals surface area contributed by atoms with Gasteiger partial charge in [-0.25, -0.2) is 13.4 Å². The first-order chi connectivity index (χ1) is 13.5. The number of anilines is 1. The Hall–Kier alpha value is -1.77. The molecule has 28 heavy (non-hydrogen) atoms. The number of nitrogens with one attached hydrogen (secondary N) is 1. The van der Waals surface area contributed by atoms with Crippen molar-refractivity contribution in [3.8, 4) is 11.3 Å². The number of amides is 1. The summed E-state index contributed by atoms with van der Waals surface area (Å²) in [5.74, 6) is -0.0101. The lowest BCUT2D eigenvalue weighted by Gasteiger charge is -2.15. The SMILES string of the molecule is CCCCCCC(=O)Nc1nc(-c2ccc(S(=O)(=O)N3CCCC3)cc2)cs1. The van der Waals surface area contributed by atoms with Crippen molar-refractivity contribution < 1.29 is 13.2 Å². The average molecular weight is 422 g/mol. The largest absolute Gasteiger partial charge is 0.302 e. The van der Waals surface area contributed by atoms with Gasteiger partial charge in [-0.1, -0.05) is 38.3 Å². The quantitative estimate of drug-likeness (QED) is 0.605. The van der Waals surface area contributed by atoms with Gasteiger partial charge in [-0.2, -0.15) is 4.31 Å². The van der Waals surface area contributed by atoms with Crippen LogP contribution in [0.5, 0.6) is 0 Å². The van der Waals surface area contributed by atoms with E-state index in [9.17, 15) is 13.2 Å². The Morgan fingerprint density at radius 2 is 1.86 bits per heavy atom. The molecule has 8 heteroatoms. The topological polar surface area (TPSA) is 79.4 Å². The maximum Gasteiger partial charge on any atom is 0.243 e. The van der Waals surface area contributed by atoms with Crippen LogP contribution in [-0.2, 0) is 14.8 Å². The first-order valence-corrected chi connectivity index (χ1v) is 12.2. The van der Waals surface area contributed by atoms with Crippen LogP contribution in [0.3, 0.4) is 0 Å². The van der Waals surface area contributed by atoms with Crippen LogP contribution in [0, 0.1) is 0 Å². The maximum absolute atomic E-state index is 12.6. The Bertz CT molecular complexity index is 886. The standard InChI is InChI=1S/C20H27N3O3S2/c1-2-3-4-5-8-19(24)22-20-21-18(15-27-20)16-9-11-17(12-10-16)28(25,26)23-13-6-7-14-23/h9-12,15H,2-8,13-14H2,1H3,(H,21,22,24). The van der Waals surface area contributed by atoms with E-state index in [1.807, 2.05) is 5.38 Å². The average Bonchev–Trinajstić information content (AvgIpc) is 3.38. The fourth-order valence-electron chi connectivity index (χ4n) is 3.23. The minimum absolute atomic E-state index is 0.0101. The monoisotopic (exact) mass is 421 g/mol. The van der Waals surface area contributed by atoms with Crippen molar-refractivity contribution in [2.75, 3.05) is 18.4 Å². The number of aromatic nitrogens is 1. The van der Waals surface area contributed by atoms with E-state index in [1.54, 1.807) is 28.6 Å². The molecule has 152 valence electrons. The molecular weight excluding hydrogens is 394 g/mol. The van der Waals surface area contributed by atoms with E-state index in [4.69, 9.17) is 0 Å². The number of hydrogen-bond acceptors (Lipinski definition) is 5. The summed E-state index contributed by atoms with van der Waals surface area (Å²) in [5, 5.41) is 5.29. The molecule has 1 saturated heterocycles. The maximum atomic E-state index is 12.6. The van der Waals surface area contributed by atoms with Gasteiger partial charge in [-0.3, -0.25) is 4.79 Å². The van der Waals surface area contributed by atoms with E-state index in [-0.39, 0.29) is 5.91 Å². The van der Waals surface area contributed by atoms with Crippen molar-refractivity contribution in [3.05, 3.63) is 29.6 Å². The Balaban J connectivity index is 1.61. The second kappa shape index (κ2) is 9.62. The highest BCUT2D eigenvalue weighted by Crippen LogP contribution is 2.27. The molecule has 3 rings (SSSR count). The molecule has 0 aliphatic carbocycles. The van der Waals surface area contributed by atoms with E-state index in [2.05, 4.69) is 17.2 Å². The molecule has 1 amide bonds. The van der Waals surface area contributed by atoms with Crippen LogP contribution < -0.4 is 5.32 Å². The van der Waals surface area contributed by atoms with Gasteiger partial charge in [0.15, 0.2) is 5.13 Å². The minimum atomic E-state index is -3.40. The van der Waals surface area contributed by atoms with E-state index in [1.165, 1.54) is 11.3 Å². The van der Waals surface area contributed by atoms with Crippen LogP contribution in [0.25, 0.3) is 11.3 Å². The van der Waals surface area contributed by atoms with Crippen molar-refractivity contribution in [1.29, 1.82) is 0 Å². The van der Waals surface area contributed by atoms with Crippen LogP contribution in [0.2, 0.25) is 0 Å². The van der Waals surface area contributed by atoms with Crippen LogP contribution in [-0.4, -0.2) is 36.7 Å². The molecule has 0 unspecified atom stereocenters. The van der Waals surface area contributed by atoms with Gasteiger partial charge in [0.05, 0.1) is 10.6 Å². The summed E-state index contributed by atoms with van der Waals surface area (Å²) in [5.41, 5.74) is 1.57. The number of thiazole rings is 1. The van der Waals surface area contributed by atoms with Gasteiger partial charge in [-0.15, -0.1) is 11.3 Å². The summed E-state index contributed by atoms with van der Waals surface area (Å²) in [6.07, 6.45) is 6.61. The van der Waals surface area contributed by atoms with Crippen LogP contribution in [0.15, 0.2) is 34.5 Å². The Labute approximate surface area is 171 Å². The van der Waals surface area contributed by atoms with Gasteiger partial charge in [-0.05, 0) is 31.4 Å². The first-order valence-electron chi connectivity index (χ1n) is 9.86. The second-order valence-corrected chi connectivity index (χ2v) is 9.83. The molecular formula is C20H27N3O3S2. The van der Waals surface area contributed by atoms with Crippen molar-refractivity contribution in [3.63, 3.8) is 0 Å². The molecule has 1 aromatic carbocycles. The number of unbranched alkanes of at least 4 members (excludes halogenated alkanes) is 3. The van der Waals surface area contributed by atoms with E-state index in [0.717, 1.165) is 49.8 Å². The molecule has 2 heterocycles. The number of carbonyl (C=O) groups excluding carboxylic acids is 1. The molecule has 6 nitrogen and oxygen atoms in total. The molecule has 1 aliphatic rings. The van der Waals surface area contributed by atoms with E-state index in [0.29, 0.717) is 29.5 Å². The van der Waals surface area contributed by atoms with Gasteiger partial charge < -0.3 is 5.32 Å². The van der Waals surface area contributed by atoms with Crippen LogP contribution in [0.1, 0.15) is 51.9 Å². The van der Waals surface area contributed by atoms with Gasteiger partial charge in [0.25, 0.3) is 0 Å². The summed E-state index contributed by atoms with van der Waals surface area (Å²) in [7, 11) is -3.40. The molecule has 1 fully saturated rings. The smallest absolute Gasteiger partial charge is 0.243 e. The zero-order valence-corrected chi connectivity index (χ0v) is 17.8. The van der Waals surface area contributed by atoms with Crippen molar-refractivity contribution in [2.45, 2.75) is 56.8 Å².